The summed E-state index contributed by atoms with van der Waals surface area (Å²) >= 11 is 0. The SMILES string of the molecule is CC(C)C1=C[C@]23O[C@H]2C[C@H]2C4=C(CC[C@]2(C)[C@@]32O[C@H]2[C@H]1F)C(=O)OC4. The van der Waals surface area contributed by atoms with Crippen LogP contribution in [0.2, 0.25) is 0 Å². The summed E-state index contributed by atoms with van der Waals surface area (Å²) in [6, 6.07) is 0. The number of hydrogen-bond acceptors (Lipinski definition) is 4. The first kappa shape index (κ1) is 14.9. The second kappa shape index (κ2) is 4.04. The van der Waals surface area contributed by atoms with E-state index in [-0.39, 0.29) is 29.3 Å². The van der Waals surface area contributed by atoms with Gasteiger partial charge >= 0.3 is 5.97 Å². The average Bonchev–Trinajstić information content (AvgIpc) is 3.44. The van der Waals surface area contributed by atoms with Gasteiger partial charge in [0.1, 0.15) is 23.9 Å². The van der Waals surface area contributed by atoms with Crippen molar-refractivity contribution in [2.24, 2.45) is 17.3 Å². The zero-order valence-electron chi connectivity index (χ0n) is 14.8. The minimum atomic E-state index is -1.05. The van der Waals surface area contributed by atoms with Crippen molar-refractivity contribution in [2.75, 3.05) is 6.61 Å². The summed E-state index contributed by atoms with van der Waals surface area (Å²) in [5.74, 6) is 0.184. The topological polar surface area (TPSA) is 51.4 Å². The van der Waals surface area contributed by atoms with Gasteiger partial charge in [-0.15, -0.1) is 0 Å². The highest BCUT2D eigenvalue weighted by atomic mass is 19.1. The Hall–Kier alpha value is -1.20. The minimum absolute atomic E-state index is 0.0689. The molecule has 3 fully saturated rings. The number of alkyl halides is 1. The molecule has 0 unspecified atom stereocenters. The predicted octanol–water partition coefficient (Wildman–Crippen LogP) is 2.87. The van der Waals surface area contributed by atoms with Gasteiger partial charge in [0.2, 0.25) is 0 Å². The number of epoxide rings is 2. The van der Waals surface area contributed by atoms with Gasteiger partial charge in [0.15, 0.2) is 6.17 Å². The van der Waals surface area contributed by atoms with Gasteiger partial charge in [-0.25, -0.2) is 9.18 Å². The molecule has 1 saturated carbocycles. The Morgan fingerprint density at radius 3 is 2.88 bits per heavy atom. The van der Waals surface area contributed by atoms with Gasteiger partial charge in [-0.05, 0) is 48.3 Å². The van der Waals surface area contributed by atoms with E-state index in [0.29, 0.717) is 13.0 Å². The Balaban J connectivity index is 1.50. The molecule has 3 aliphatic carbocycles. The molecule has 0 amide bonds. The summed E-state index contributed by atoms with van der Waals surface area (Å²) in [6.07, 6.45) is 3.09. The van der Waals surface area contributed by atoms with Crippen LogP contribution in [0.25, 0.3) is 0 Å². The van der Waals surface area contributed by atoms with Gasteiger partial charge in [0, 0.05) is 11.0 Å². The Kier molecular flexibility index (Phi) is 2.41. The molecule has 6 aliphatic rings. The molecule has 2 saturated heterocycles. The maximum absolute atomic E-state index is 15.2. The molecule has 5 heteroatoms. The van der Waals surface area contributed by atoms with Gasteiger partial charge in [-0.1, -0.05) is 20.8 Å². The van der Waals surface area contributed by atoms with Crippen LogP contribution in [0.3, 0.4) is 0 Å². The molecule has 0 aromatic carbocycles. The van der Waals surface area contributed by atoms with Crippen LogP contribution in [0.5, 0.6) is 0 Å². The summed E-state index contributed by atoms with van der Waals surface area (Å²) in [4.78, 5) is 12.0. The van der Waals surface area contributed by atoms with Gasteiger partial charge in [-0.3, -0.25) is 0 Å². The van der Waals surface area contributed by atoms with Crippen LogP contribution in [-0.2, 0) is 19.0 Å². The fraction of sp³-hybridized carbons (Fsp3) is 0.750. The number of hydrogen-bond donors (Lipinski definition) is 0. The lowest BCUT2D eigenvalue weighted by molar-refractivity contribution is -0.136. The summed E-state index contributed by atoms with van der Waals surface area (Å²) in [5.41, 5.74) is 1.58. The van der Waals surface area contributed by atoms with Crippen molar-refractivity contribution < 1.29 is 23.4 Å². The zero-order chi connectivity index (χ0) is 17.4. The van der Waals surface area contributed by atoms with Crippen molar-refractivity contribution in [3.8, 4) is 0 Å². The number of fused-ring (bicyclic) bond motifs is 2. The maximum Gasteiger partial charge on any atom is 0.334 e. The van der Waals surface area contributed by atoms with E-state index in [1.807, 2.05) is 13.8 Å². The highest BCUT2D eigenvalue weighted by molar-refractivity contribution is 5.92. The van der Waals surface area contributed by atoms with Crippen LogP contribution in [-0.4, -0.2) is 42.2 Å². The fourth-order valence-corrected chi connectivity index (χ4v) is 6.65. The van der Waals surface area contributed by atoms with Crippen molar-refractivity contribution in [1.82, 2.24) is 0 Å². The first-order valence-electron chi connectivity index (χ1n) is 9.47. The average molecular weight is 346 g/mol. The molecule has 7 atom stereocenters. The van der Waals surface area contributed by atoms with Crippen LogP contribution in [0.1, 0.15) is 40.0 Å². The van der Waals surface area contributed by atoms with Crippen molar-refractivity contribution in [2.45, 2.75) is 69.6 Å². The molecule has 0 N–H and O–H groups in total. The van der Waals surface area contributed by atoms with Gasteiger partial charge in [0.25, 0.3) is 0 Å². The molecule has 3 aliphatic heterocycles. The summed E-state index contributed by atoms with van der Waals surface area (Å²) in [6.45, 7) is 6.69. The standard InChI is InChI=1S/C20H23FO4/c1-9(2)11-7-19-14(24-19)6-13-12-8-23-17(22)10(12)4-5-18(13,3)20(19)16(25-20)15(11)21/h7,9,13-16H,4-6,8H2,1-3H3/t13-,14-,15-,16-,18-,19-,20+/m0/s1. The van der Waals surface area contributed by atoms with Crippen LogP contribution >= 0.6 is 0 Å². The second-order valence-electron chi connectivity index (χ2n) is 9.16. The Morgan fingerprint density at radius 2 is 2.12 bits per heavy atom. The summed E-state index contributed by atoms with van der Waals surface area (Å²) in [7, 11) is 0. The largest absolute Gasteiger partial charge is 0.458 e. The molecule has 0 aromatic rings. The molecule has 4 nitrogen and oxygen atoms in total. The molecule has 2 spiro atoms. The van der Waals surface area contributed by atoms with Crippen molar-refractivity contribution in [3.05, 3.63) is 22.8 Å². The predicted molar refractivity (Wildman–Crippen MR) is 86.5 cm³/mol. The van der Waals surface area contributed by atoms with Gasteiger partial charge in [0.05, 0.1) is 6.10 Å². The number of carbonyl (C=O) groups is 1. The van der Waals surface area contributed by atoms with E-state index in [9.17, 15) is 4.79 Å². The van der Waals surface area contributed by atoms with Crippen molar-refractivity contribution >= 4 is 5.97 Å². The minimum Gasteiger partial charge on any atom is -0.458 e. The number of esters is 1. The molecule has 0 radical (unpaired) electrons. The first-order chi connectivity index (χ1) is 11.9. The number of ether oxygens (including phenoxy) is 3. The van der Waals surface area contributed by atoms with Gasteiger partial charge in [-0.2, -0.15) is 0 Å². The normalized spacial score (nSPS) is 54.8. The fourth-order valence-electron chi connectivity index (χ4n) is 6.65. The quantitative estimate of drug-likeness (QED) is 0.416. The third-order valence-corrected chi connectivity index (χ3v) is 8.00. The summed E-state index contributed by atoms with van der Waals surface area (Å²) in [5, 5.41) is 0. The lowest BCUT2D eigenvalue weighted by Gasteiger charge is -2.51. The monoisotopic (exact) mass is 346 g/mol. The molecular weight excluding hydrogens is 323 g/mol. The lowest BCUT2D eigenvalue weighted by atomic mass is 9.48. The Labute approximate surface area is 146 Å². The van der Waals surface area contributed by atoms with E-state index in [0.717, 1.165) is 29.6 Å². The van der Waals surface area contributed by atoms with Gasteiger partial charge < -0.3 is 14.2 Å². The highest BCUT2D eigenvalue weighted by Crippen LogP contribution is 2.78. The van der Waals surface area contributed by atoms with Crippen molar-refractivity contribution in [1.29, 1.82) is 0 Å². The van der Waals surface area contributed by atoms with E-state index >= 15 is 4.39 Å². The second-order valence-corrected chi connectivity index (χ2v) is 9.16. The van der Waals surface area contributed by atoms with Crippen LogP contribution in [0.4, 0.5) is 4.39 Å². The van der Waals surface area contributed by atoms with Crippen LogP contribution in [0, 0.1) is 17.3 Å². The summed E-state index contributed by atoms with van der Waals surface area (Å²) < 4.78 is 33.0. The Bertz CT molecular complexity index is 785. The molecule has 0 bridgehead atoms. The van der Waals surface area contributed by atoms with Crippen LogP contribution < -0.4 is 0 Å². The number of cyclic esters (lactones) is 1. The molecule has 134 valence electrons. The molecule has 0 aromatic heterocycles. The third kappa shape index (κ3) is 1.37. The van der Waals surface area contributed by atoms with Crippen LogP contribution in [0.15, 0.2) is 22.8 Å². The van der Waals surface area contributed by atoms with E-state index in [4.69, 9.17) is 14.2 Å². The molecule has 3 heterocycles. The zero-order valence-corrected chi connectivity index (χ0v) is 14.8. The highest BCUT2D eigenvalue weighted by Gasteiger charge is 2.91. The third-order valence-electron chi connectivity index (χ3n) is 8.00. The van der Waals surface area contributed by atoms with E-state index in [2.05, 4.69) is 13.0 Å². The van der Waals surface area contributed by atoms with E-state index in [1.165, 1.54) is 0 Å². The van der Waals surface area contributed by atoms with E-state index < -0.39 is 23.5 Å². The Morgan fingerprint density at radius 1 is 1.32 bits per heavy atom. The molecular formula is C20H23FO4. The van der Waals surface area contributed by atoms with Crippen molar-refractivity contribution in [3.63, 3.8) is 0 Å². The smallest absolute Gasteiger partial charge is 0.334 e. The lowest BCUT2D eigenvalue weighted by Crippen LogP contribution is -2.61. The molecule has 6 rings (SSSR count). The number of rotatable bonds is 1. The number of halogens is 1. The first-order valence-corrected chi connectivity index (χ1v) is 9.47. The maximum atomic E-state index is 15.2. The molecule has 25 heavy (non-hydrogen) atoms. The number of carbonyl (C=O) groups excluding carboxylic acids is 1. The van der Waals surface area contributed by atoms with E-state index in [1.54, 1.807) is 0 Å².